The maximum absolute atomic E-state index is 3.68. The van der Waals surface area contributed by atoms with E-state index in [-0.39, 0.29) is 0 Å². The van der Waals surface area contributed by atoms with Gasteiger partial charge in [-0.05, 0) is 61.3 Å². The fourth-order valence-electron chi connectivity index (χ4n) is 2.84. The molecule has 1 aromatic rings. The molecular formula is C16H24BrNS. The molecule has 1 N–H and O–H groups in total. The summed E-state index contributed by atoms with van der Waals surface area (Å²) in [5.74, 6) is 3.64. The predicted octanol–water partition coefficient (Wildman–Crippen LogP) is 4.50. The first-order chi connectivity index (χ1) is 9.29. The fourth-order valence-corrected chi connectivity index (χ4v) is 4.49. The van der Waals surface area contributed by atoms with Crippen molar-refractivity contribution in [2.75, 3.05) is 18.1 Å². The van der Waals surface area contributed by atoms with Gasteiger partial charge >= 0.3 is 0 Å². The lowest BCUT2D eigenvalue weighted by molar-refractivity contribution is 0.366. The third-order valence-electron chi connectivity index (χ3n) is 3.88. The van der Waals surface area contributed by atoms with Gasteiger partial charge in [-0.25, -0.2) is 0 Å². The number of benzene rings is 1. The van der Waals surface area contributed by atoms with E-state index in [9.17, 15) is 0 Å². The summed E-state index contributed by atoms with van der Waals surface area (Å²) in [5, 5.41) is 3.68. The Bertz CT molecular complexity index is 377. The van der Waals surface area contributed by atoms with Crippen LogP contribution in [0, 0.1) is 5.92 Å². The quantitative estimate of drug-likeness (QED) is 0.817. The van der Waals surface area contributed by atoms with Gasteiger partial charge in [0.05, 0.1) is 0 Å². The van der Waals surface area contributed by atoms with Crippen LogP contribution in [0.1, 0.15) is 31.7 Å². The standard InChI is InChI=1S/C16H24BrNS/c1-2-18-15(11-13-7-9-19-10-8-13)12-14-5-3-4-6-16(14)17/h3-6,13,15,18H,2,7-12H2,1H3. The molecule has 1 unspecified atom stereocenters. The number of likely N-dealkylation sites (N-methyl/N-ethyl adjacent to an activating group) is 1. The zero-order valence-corrected chi connectivity index (χ0v) is 14.1. The van der Waals surface area contributed by atoms with E-state index in [1.807, 2.05) is 0 Å². The Morgan fingerprint density at radius 1 is 1.32 bits per heavy atom. The van der Waals surface area contributed by atoms with Gasteiger partial charge in [-0.1, -0.05) is 41.1 Å². The topological polar surface area (TPSA) is 12.0 Å². The smallest absolute Gasteiger partial charge is 0.0207 e. The molecule has 1 saturated heterocycles. The number of rotatable bonds is 6. The Kier molecular flexibility index (Phi) is 6.75. The van der Waals surface area contributed by atoms with Gasteiger partial charge < -0.3 is 5.32 Å². The molecule has 106 valence electrons. The highest BCUT2D eigenvalue weighted by molar-refractivity contribution is 9.10. The van der Waals surface area contributed by atoms with Gasteiger partial charge in [0.25, 0.3) is 0 Å². The summed E-state index contributed by atoms with van der Waals surface area (Å²) in [6.45, 7) is 3.28. The molecule has 0 saturated carbocycles. The second-order valence-corrected chi connectivity index (χ2v) is 7.42. The van der Waals surface area contributed by atoms with Crippen LogP contribution in [-0.2, 0) is 6.42 Å². The molecule has 1 aliphatic heterocycles. The molecule has 1 aromatic carbocycles. The molecular weight excluding hydrogens is 318 g/mol. The fraction of sp³-hybridized carbons (Fsp3) is 0.625. The van der Waals surface area contributed by atoms with Crippen LogP contribution in [0.3, 0.4) is 0 Å². The van der Waals surface area contributed by atoms with E-state index in [0.717, 1.165) is 18.9 Å². The Morgan fingerprint density at radius 2 is 2.05 bits per heavy atom. The number of hydrogen-bond donors (Lipinski definition) is 1. The highest BCUT2D eigenvalue weighted by Gasteiger charge is 2.19. The molecule has 19 heavy (non-hydrogen) atoms. The second-order valence-electron chi connectivity index (χ2n) is 5.34. The molecule has 1 heterocycles. The van der Waals surface area contributed by atoms with Gasteiger partial charge in [0.2, 0.25) is 0 Å². The highest BCUT2D eigenvalue weighted by Crippen LogP contribution is 2.28. The lowest BCUT2D eigenvalue weighted by Gasteiger charge is -2.27. The van der Waals surface area contributed by atoms with Crippen molar-refractivity contribution in [1.82, 2.24) is 5.32 Å². The van der Waals surface area contributed by atoms with Crippen LogP contribution in [0.2, 0.25) is 0 Å². The molecule has 0 aliphatic carbocycles. The summed E-state index contributed by atoms with van der Waals surface area (Å²) < 4.78 is 1.25. The molecule has 0 amide bonds. The maximum atomic E-state index is 3.68. The van der Waals surface area contributed by atoms with E-state index in [1.54, 1.807) is 0 Å². The molecule has 1 aliphatic rings. The van der Waals surface area contributed by atoms with E-state index < -0.39 is 0 Å². The van der Waals surface area contributed by atoms with E-state index >= 15 is 0 Å². The van der Waals surface area contributed by atoms with Crippen molar-refractivity contribution in [3.63, 3.8) is 0 Å². The Hall–Kier alpha value is 0.01000. The predicted molar refractivity (Wildman–Crippen MR) is 90.0 cm³/mol. The van der Waals surface area contributed by atoms with Crippen LogP contribution >= 0.6 is 27.7 Å². The van der Waals surface area contributed by atoms with E-state index in [0.29, 0.717) is 6.04 Å². The Labute approximate surface area is 130 Å². The minimum atomic E-state index is 0.622. The van der Waals surface area contributed by atoms with Crippen molar-refractivity contribution >= 4 is 27.7 Å². The maximum Gasteiger partial charge on any atom is 0.0207 e. The van der Waals surface area contributed by atoms with Gasteiger partial charge in [-0.15, -0.1) is 0 Å². The molecule has 1 atom stereocenters. The highest BCUT2D eigenvalue weighted by atomic mass is 79.9. The zero-order chi connectivity index (χ0) is 13.5. The first-order valence-corrected chi connectivity index (χ1v) is 9.29. The lowest BCUT2D eigenvalue weighted by Crippen LogP contribution is -2.34. The molecule has 3 heteroatoms. The Morgan fingerprint density at radius 3 is 2.74 bits per heavy atom. The number of thioether (sulfide) groups is 1. The first kappa shape index (κ1) is 15.4. The molecule has 0 radical (unpaired) electrons. The van der Waals surface area contributed by atoms with Gasteiger partial charge in [0, 0.05) is 10.5 Å². The normalized spacial score (nSPS) is 18.4. The summed E-state index contributed by atoms with van der Waals surface area (Å²) >= 11 is 5.79. The molecule has 0 aromatic heterocycles. The summed E-state index contributed by atoms with van der Waals surface area (Å²) in [5.41, 5.74) is 1.43. The molecule has 0 spiro atoms. The zero-order valence-electron chi connectivity index (χ0n) is 11.7. The van der Waals surface area contributed by atoms with E-state index in [2.05, 4.69) is 64.2 Å². The van der Waals surface area contributed by atoms with Crippen LogP contribution in [0.4, 0.5) is 0 Å². The third-order valence-corrected chi connectivity index (χ3v) is 5.70. The summed E-state index contributed by atoms with van der Waals surface area (Å²) in [6.07, 6.45) is 5.28. The monoisotopic (exact) mass is 341 g/mol. The number of halogens is 1. The van der Waals surface area contributed by atoms with Crippen molar-refractivity contribution < 1.29 is 0 Å². The van der Waals surface area contributed by atoms with Gasteiger partial charge in [0.1, 0.15) is 0 Å². The largest absolute Gasteiger partial charge is 0.314 e. The van der Waals surface area contributed by atoms with Crippen LogP contribution in [0.15, 0.2) is 28.7 Å². The van der Waals surface area contributed by atoms with Crippen LogP contribution in [0.25, 0.3) is 0 Å². The summed E-state index contributed by atoms with van der Waals surface area (Å²) in [7, 11) is 0. The Balaban J connectivity index is 1.93. The average Bonchev–Trinajstić information content (AvgIpc) is 2.43. The van der Waals surface area contributed by atoms with E-state index in [4.69, 9.17) is 0 Å². The van der Waals surface area contributed by atoms with Crippen molar-refractivity contribution in [3.8, 4) is 0 Å². The van der Waals surface area contributed by atoms with Crippen molar-refractivity contribution in [1.29, 1.82) is 0 Å². The lowest BCUT2D eigenvalue weighted by atomic mass is 9.91. The van der Waals surface area contributed by atoms with Crippen LogP contribution < -0.4 is 5.32 Å². The van der Waals surface area contributed by atoms with Gasteiger partial charge in [0.15, 0.2) is 0 Å². The SMILES string of the molecule is CCNC(Cc1ccccc1Br)CC1CCSCC1. The van der Waals surface area contributed by atoms with Crippen molar-refractivity contribution in [2.24, 2.45) is 5.92 Å². The molecule has 0 bridgehead atoms. The second kappa shape index (κ2) is 8.33. The molecule has 2 rings (SSSR count). The van der Waals surface area contributed by atoms with E-state index in [1.165, 1.54) is 40.8 Å². The molecule has 1 nitrogen and oxygen atoms in total. The number of hydrogen-bond acceptors (Lipinski definition) is 2. The third kappa shape index (κ3) is 5.13. The molecule has 1 fully saturated rings. The summed E-state index contributed by atoms with van der Waals surface area (Å²) in [6, 6.07) is 9.24. The van der Waals surface area contributed by atoms with Gasteiger partial charge in [-0.2, -0.15) is 11.8 Å². The number of nitrogens with one attached hydrogen (secondary N) is 1. The van der Waals surface area contributed by atoms with Gasteiger partial charge in [-0.3, -0.25) is 0 Å². The minimum Gasteiger partial charge on any atom is -0.314 e. The van der Waals surface area contributed by atoms with Crippen LogP contribution in [0.5, 0.6) is 0 Å². The first-order valence-electron chi connectivity index (χ1n) is 7.34. The van der Waals surface area contributed by atoms with Crippen molar-refractivity contribution in [3.05, 3.63) is 34.3 Å². The van der Waals surface area contributed by atoms with Crippen LogP contribution in [-0.4, -0.2) is 24.1 Å². The summed E-state index contributed by atoms with van der Waals surface area (Å²) in [4.78, 5) is 0. The minimum absolute atomic E-state index is 0.622. The van der Waals surface area contributed by atoms with Crippen molar-refractivity contribution in [2.45, 2.75) is 38.6 Å². The average molecular weight is 342 g/mol.